The SMILES string of the molecule is C#CCONC(=O)OC1C(O)C(Oc2ccc3c(O)c(/C(C)=N/OC)c(=O)oc3c2C)O[C@@](C)(CC)C1OC. The molecule has 2 heterocycles. The molecule has 0 aliphatic carbocycles. The first-order chi connectivity index (χ1) is 18.5. The highest BCUT2D eigenvalue weighted by Gasteiger charge is 2.54. The van der Waals surface area contributed by atoms with E-state index in [1.54, 1.807) is 13.8 Å². The van der Waals surface area contributed by atoms with Crippen LogP contribution in [0.4, 0.5) is 4.79 Å². The van der Waals surface area contributed by atoms with E-state index in [0.29, 0.717) is 12.0 Å². The van der Waals surface area contributed by atoms with E-state index in [2.05, 4.69) is 11.1 Å². The fourth-order valence-corrected chi connectivity index (χ4v) is 4.38. The Kier molecular flexibility index (Phi) is 9.41. The molecule has 1 saturated heterocycles. The van der Waals surface area contributed by atoms with Gasteiger partial charge in [-0.25, -0.2) is 9.59 Å². The largest absolute Gasteiger partial charge is 0.506 e. The van der Waals surface area contributed by atoms with Crippen molar-refractivity contribution in [2.45, 2.75) is 64.3 Å². The number of ether oxygens (including phenoxy) is 4. The lowest BCUT2D eigenvalue weighted by molar-refractivity contribution is -0.311. The molecule has 1 aromatic carbocycles. The third kappa shape index (κ3) is 5.94. The number of carbonyl (C=O) groups is 1. The number of aliphatic hydroxyl groups is 1. The Balaban J connectivity index is 1.97. The Labute approximate surface area is 224 Å². The van der Waals surface area contributed by atoms with Crippen LogP contribution in [0.3, 0.4) is 0 Å². The van der Waals surface area contributed by atoms with Crippen LogP contribution in [-0.4, -0.2) is 73.0 Å². The number of oxime groups is 1. The average molecular weight is 549 g/mol. The van der Waals surface area contributed by atoms with Gasteiger partial charge < -0.3 is 38.4 Å². The number of nitrogens with one attached hydrogen (secondary N) is 1. The summed E-state index contributed by atoms with van der Waals surface area (Å²) in [6.45, 7) is 6.46. The number of aromatic hydroxyl groups is 1. The molecule has 0 saturated carbocycles. The van der Waals surface area contributed by atoms with E-state index in [4.69, 9.17) is 39.5 Å². The summed E-state index contributed by atoms with van der Waals surface area (Å²) in [4.78, 5) is 34.4. The van der Waals surface area contributed by atoms with E-state index in [-0.39, 0.29) is 40.4 Å². The van der Waals surface area contributed by atoms with Crippen molar-refractivity contribution in [2.24, 2.45) is 5.16 Å². The molecule has 0 spiro atoms. The Bertz CT molecular complexity index is 1330. The number of fused-ring (bicyclic) bond motifs is 1. The van der Waals surface area contributed by atoms with Crippen LogP contribution in [0.2, 0.25) is 0 Å². The number of nitrogens with zero attached hydrogens (tertiary/aromatic N) is 1. The van der Waals surface area contributed by atoms with Gasteiger partial charge in [-0.05, 0) is 39.3 Å². The van der Waals surface area contributed by atoms with Crippen molar-refractivity contribution in [1.29, 1.82) is 0 Å². The second kappa shape index (κ2) is 12.4. The maximum atomic E-state index is 12.7. The van der Waals surface area contributed by atoms with Crippen LogP contribution in [0.25, 0.3) is 11.0 Å². The lowest BCUT2D eigenvalue weighted by Crippen LogP contribution is -2.66. The van der Waals surface area contributed by atoms with Crippen molar-refractivity contribution >= 4 is 22.8 Å². The van der Waals surface area contributed by atoms with Gasteiger partial charge in [-0.3, -0.25) is 4.84 Å². The molecule has 1 aliphatic rings. The van der Waals surface area contributed by atoms with Crippen LogP contribution >= 0.6 is 0 Å². The number of aliphatic hydroxyl groups excluding tert-OH is 1. The maximum absolute atomic E-state index is 12.7. The maximum Gasteiger partial charge on any atom is 0.431 e. The van der Waals surface area contributed by atoms with Gasteiger partial charge in [0.15, 0.2) is 12.2 Å². The van der Waals surface area contributed by atoms with E-state index in [9.17, 15) is 19.8 Å². The van der Waals surface area contributed by atoms with Crippen LogP contribution < -0.4 is 15.8 Å². The summed E-state index contributed by atoms with van der Waals surface area (Å²) in [5.74, 6) is 2.03. The van der Waals surface area contributed by atoms with Gasteiger partial charge in [0.2, 0.25) is 6.29 Å². The minimum absolute atomic E-state index is 0.0557. The number of amides is 1. The van der Waals surface area contributed by atoms with Crippen LogP contribution in [0.1, 0.15) is 38.3 Å². The normalized spacial score (nSPS) is 25.1. The predicted molar refractivity (Wildman–Crippen MR) is 137 cm³/mol. The van der Waals surface area contributed by atoms with Crippen molar-refractivity contribution in [3.05, 3.63) is 33.7 Å². The molecule has 4 unspecified atom stereocenters. The highest BCUT2D eigenvalue weighted by atomic mass is 16.7. The molecule has 0 radical (unpaired) electrons. The zero-order valence-corrected chi connectivity index (χ0v) is 22.5. The zero-order valence-electron chi connectivity index (χ0n) is 22.5. The van der Waals surface area contributed by atoms with Crippen molar-refractivity contribution < 1.29 is 48.0 Å². The monoisotopic (exact) mass is 548 g/mol. The predicted octanol–water partition coefficient (Wildman–Crippen LogP) is 2.12. The number of hydrogen-bond donors (Lipinski definition) is 3. The van der Waals surface area contributed by atoms with Gasteiger partial charge in [0.25, 0.3) is 0 Å². The number of hydrogen-bond acceptors (Lipinski definition) is 12. The summed E-state index contributed by atoms with van der Waals surface area (Å²) in [6.07, 6.45) is -0.466. The first kappa shape index (κ1) is 29.7. The molecular weight excluding hydrogens is 516 g/mol. The number of carbonyl (C=O) groups excluding carboxylic acids is 1. The number of rotatable bonds is 9. The molecule has 3 rings (SSSR count). The van der Waals surface area contributed by atoms with Crippen LogP contribution in [0, 0.1) is 19.3 Å². The van der Waals surface area contributed by atoms with E-state index < -0.39 is 41.9 Å². The van der Waals surface area contributed by atoms with Crippen LogP contribution in [0.5, 0.6) is 11.5 Å². The molecule has 212 valence electrons. The standard InChI is InChI=1S/C26H32N2O11/c1-8-12-35-28-25(32)38-21-19(30)24(39-26(5,9-2)22(21)33-6)36-16-11-10-15-18(29)17(14(4)27-34-7)23(31)37-20(15)13(16)3/h1,10-11,19,21-22,24,29-30H,9,12H2,2-7H3,(H,28,32)/b27-14+/t19?,21?,22?,24?,26-/m0/s1. The van der Waals surface area contributed by atoms with Crippen LogP contribution in [-0.2, 0) is 23.9 Å². The highest BCUT2D eigenvalue weighted by Crippen LogP contribution is 2.39. The Morgan fingerprint density at radius 2 is 2.05 bits per heavy atom. The quantitative estimate of drug-likeness (QED) is 0.138. The summed E-state index contributed by atoms with van der Waals surface area (Å²) in [6, 6.07) is 3.00. The summed E-state index contributed by atoms with van der Waals surface area (Å²) in [7, 11) is 2.71. The molecule has 1 fully saturated rings. The molecule has 13 heteroatoms. The third-order valence-electron chi connectivity index (χ3n) is 6.49. The van der Waals surface area contributed by atoms with Gasteiger partial charge in [0.05, 0.1) is 16.7 Å². The van der Waals surface area contributed by atoms with Crippen molar-refractivity contribution in [3.8, 4) is 23.8 Å². The van der Waals surface area contributed by atoms with Crippen molar-refractivity contribution in [3.63, 3.8) is 0 Å². The fraction of sp³-hybridized carbons (Fsp3) is 0.500. The van der Waals surface area contributed by atoms with Gasteiger partial charge in [-0.1, -0.05) is 18.0 Å². The van der Waals surface area contributed by atoms with E-state index in [1.165, 1.54) is 33.3 Å². The molecule has 39 heavy (non-hydrogen) atoms. The first-order valence-corrected chi connectivity index (χ1v) is 12.0. The molecular formula is C26H32N2O11. The average Bonchev–Trinajstić information content (AvgIpc) is 2.89. The topological polar surface area (TPSA) is 168 Å². The number of hydroxylamine groups is 1. The lowest BCUT2D eigenvalue weighted by atomic mass is 9.86. The Hall–Kier alpha value is -3.83. The van der Waals surface area contributed by atoms with E-state index >= 15 is 0 Å². The number of benzene rings is 1. The number of aryl methyl sites for hydroxylation is 1. The zero-order chi connectivity index (χ0) is 28.9. The summed E-state index contributed by atoms with van der Waals surface area (Å²) in [5, 5.41) is 25.8. The molecule has 5 atom stereocenters. The molecule has 1 aliphatic heterocycles. The minimum atomic E-state index is -1.52. The summed E-state index contributed by atoms with van der Waals surface area (Å²) >= 11 is 0. The molecule has 13 nitrogen and oxygen atoms in total. The van der Waals surface area contributed by atoms with Crippen molar-refractivity contribution in [1.82, 2.24) is 5.48 Å². The molecule has 3 N–H and O–H groups in total. The second-order valence-corrected chi connectivity index (χ2v) is 8.92. The molecule has 1 amide bonds. The summed E-state index contributed by atoms with van der Waals surface area (Å²) < 4.78 is 28.6. The number of terminal acetylenes is 1. The van der Waals surface area contributed by atoms with Gasteiger partial charge in [-0.2, -0.15) is 5.48 Å². The Morgan fingerprint density at radius 3 is 2.67 bits per heavy atom. The Morgan fingerprint density at radius 1 is 1.33 bits per heavy atom. The lowest BCUT2D eigenvalue weighted by Gasteiger charge is -2.48. The van der Waals surface area contributed by atoms with Gasteiger partial charge >= 0.3 is 11.7 Å². The van der Waals surface area contributed by atoms with Gasteiger partial charge in [0, 0.05) is 12.7 Å². The van der Waals surface area contributed by atoms with Gasteiger partial charge in [0.1, 0.15) is 42.5 Å². The van der Waals surface area contributed by atoms with Crippen LogP contribution in [0.15, 0.2) is 26.5 Å². The molecule has 2 aromatic rings. The number of methoxy groups -OCH3 is 1. The fourth-order valence-electron chi connectivity index (χ4n) is 4.38. The highest BCUT2D eigenvalue weighted by molar-refractivity contribution is 6.04. The van der Waals surface area contributed by atoms with Gasteiger partial charge in [-0.15, -0.1) is 6.42 Å². The minimum Gasteiger partial charge on any atom is -0.506 e. The summed E-state index contributed by atoms with van der Waals surface area (Å²) in [5.41, 5.74) is 0.538. The van der Waals surface area contributed by atoms with Crippen molar-refractivity contribution in [2.75, 3.05) is 20.8 Å². The smallest absolute Gasteiger partial charge is 0.431 e. The molecule has 0 bridgehead atoms. The van der Waals surface area contributed by atoms with E-state index in [1.807, 2.05) is 12.4 Å². The van der Waals surface area contributed by atoms with E-state index in [0.717, 1.165) is 0 Å². The first-order valence-electron chi connectivity index (χ1n) is 12.0. The second-order valence-electron chi connectivity index (χ2n) is 8.92. The molecule has 1 aromatic heterocycles. The third-order valence-corrected chi connectivity index (χ3v) is 6.49.